The average Bonchev–Trinajstić information content (AvgIpc) is 3.02. The SMILES string of the molecule is COc1ccc([C@H](CO)N(C)C(=O)c2ccsc2)cc1. The van der Waals surface area contributed by atoms with E-state index in [-0.39, 0.29) is 18.6 Å². The van der Waals surface area contributed by atoms with Crippen LogP contribution in [0.2, 0.25) is 0 Å². The van der Waals surface area contributed by atoms with Crippen molar-refractivity contribution in [1.29, 1.82) is 0 Å². The van der Waals surface area contributed by atoms with Gasteiger partial charge in [-0.15, -0.1) is 0 Å². The van der Waals surface area contributed by atoms with Crippen LogP contribution in [0.1, 0.15) is 22.0 Å². The minimum Gasteiger partial charge on any atom is -0.497 e. The van der Waals surface area contributed by atoms with E-state index in [9.17, 15) is 9.90 Å². The molecule has 20 heavy (non-hydrogen) atoms. The highest BCUT2D eigenvalue weighted by molar-refractivity contribution is 7.08. The molecule has 5 heteroatoms. The summed E-state index contributed by atoms with van der Waals surface area (Å²) in [5.74, 6) is 0.651. The first-order valence-corrected chi connectivity index (χ1v) is 7.15. The Morgan fingerprint density at radius 3 is 2.55 bits per heavy atom. The zero-order chi connectivity index (χ0) is 14.5. The van der Waals surface area contributed by atoms with Crippen LogP contribution < -0.4 is 4.74 Å². The molecule has 0 saturated carbocycles. The minimum absolute atomic E-state index is 0.0962. The van der Waals surface area contributed by atoms with Crippen molar-refractivity contribution in [1.82, 2.24) is 4.90 Å². The van der Waals surface area contributed by atoms with Crippen molar-refractivity contribution in [2.45, 2.75) is 6.04 Å². The zero-order valence-electron chi connectivity index (χ0n) is 11.4. The van der Waals surface area contributed by atoms with E-state index in [1.807, 2.05) is 29.6 Å². The average molecular weight is 291 g/mol. The molecule has 4 nitrogen and oxygen atoms in total. The maximum absolute atomic E-state index is 12.3. The summed E-state index contributed by atoms with van der Waals surface area (Å²) >= 11 is 1.48. The first-order valence-electron chi connectivity index (χ1n) is 6.21. The molecule has 1 N–H and O–H groups in total. The van der Waals surface area contributed by atoms with Crippen LogP contribution in [-0.4, -0.2) is 36.7 Å². The molecule has 0 aliphatic carbocycles. The Morgan fingerprint density at radius 1 is 1.35 bits per heavy atom. The third kappa shape index (κ3) is 3.00. The smallest absolute Gasteiger partial charge is 0.255 e. The van der Waals surface area contributed by atoms with Crippen molar-refractivity contribution < 1.29 is 14.6 Å². The van der Waals surface area contributed by atoms with Crippen LogP contribution in [0.3, 0.4) is 0 Å². The molecule has 2 aromatic rings. The topological polar surface area (TPSA) is 49.8 Å². The van der Waals surface area contributed by atoms with Gasteiger partial charge < -0.3 is 14.7 Å². The second kappa shape index (κ2) is 6.54. The van der Waals surface area contributed by atoms with Crippen molar-refractivity contribution in [2.75, 3.05) is 20.8 Å². The number of aliphatic hydroxyl groups is 1. The van der Waals surface area contributed by atoms with Gasteiger partial charge in [0.1, 0.15) is 5.75 Å². The second-order valence-electron chi connectivity index (χ2n) is 4.40. The van der Waals surface area contributed by atoms with E-state index in [1.165, 1.54) is 11.3 Å². The van der Waals surface area contributed by atoms with Crippen LogP contribution >= 0.6 is 11.3 Å². The molecule has 106 valence electrons. The Balaban J connectivity index is 2.20. The molecule has 0 aliphatic rings. The summed E-state index contributed by atoms with van der Waals surface area (Å²) in [6, 6.07) is 8.77. The molecule has 1 aromatic heterocycles. The lowest BCUT2D eigenvalue weighted by molar-refractivity contribution is 0.0659. The largest absolute Gasteiger partial charge is 0.497 e. The Morgan fingerprint density at radius 2 is 2.05 bits per heavy atom. The molecule has 0 fully saturated rings. The Hall–Kier alpha value is -1.85. The highest BCUT2D eigenvalue weighted by Crippen LogP contribution is 2.23. The molecule has 0 aliphatic heterocycles. The van der Waals surface area contributed by atoms with E-state index in [0.29, 0.717) is 5.56 Å². The van der Waals surface area contributed by atoms with Crippen LogP contribution in [-0.2, 0) is 0 Å². The van der Waals surface area contributed by atoms with E-state index in [1.54, 1.807) is 30.5 Å². The van der Waals surface area contributed by atoms with Crippen molar-refractivity contribution in [3.8, 4) is 5.75 Å². The van der Waals surface area contributed by atoms with Crippen molar-refractivity contribution >= 4 is 17.2 Å². The van der Waals surface area contributed by atoms with E-state index in [0.717, 1.165) is 11.3 Å². The van der Waals surface area contributed by atoms with Gasteiger partial charge in [-0.3, -0.25) is 4.79 Å². The summed E-state index contributed by atoms with van der Waals surface area (Å²) in [7, 11) is 3.30. The monoisotopic (exact) mass is 291 g/mol. The Bertz CT molecular complexity index is 551. The zero-order valence-corrected chi connectivity index (χ0v) is 12.3. The number of methoxy groups -OCH3 is 1. The number of rotatable bonds is 5. The first-order chi connectivity index (χ1) is 9.67. The standard InChI is InChI=1S/C15H17NO3S/c1-16(15(18)12-7-8-20-10-12)14(9-17)11-3-5-13(19-2)6-4-11/h3-8,10,14,17H,9H2,1-2H3/t14-/m0/s1. The van der Waals surface area contributed by atoms with Gasteiger partial charge >= 0.3 is 0 Å². The highest BCUT2D eigenvalue weighted by Gasteiger charge is 2.22. The maximum Gasteiger partial charge on any atom is 0.255 e. The minimum atomic E-state index is -0.367. The van der Waals surface area contributed by atoms with E-state index >= 15 is 0 Å². The number of hydrogen-bond acceptors (Lipinski definition) is 4. The lowest BCUT2D eigenvalue weighted by Gasteiger charge is -2.27. The summed E-state index contributed by atoms with van der Waals surface area (Å²) < 4.78 is 5.11. The number of carbonyl (C=O) groups is 1. The van der Waals surface area contributed by atoms with Gasteiger partial charge in [0.25, 0.3) is 5.91 Å². The molecule has 2 rings (SSSR count). The number of nitrogens with zero attached hydrogens (tertiary/aromatic N) is 1. The fraction of sp³-hybridized carbons (Fsp3) is 0.267. The van der Waals surface area contributed by atoms with Gasteiger partial charge in [-0.2, -0.15) is 11.3 Å². The van der Waals surface area contributed by atoms with Crippen LogP contribution in [0, 0.1) is 0 Å². The predicted molar refractivity (Wildman–Crippen MR) is 79.2 cm³/mol. The first kappa shape index (κ1) is 14.6. The molecule has 1 heterocycles. The summed E-state index contributed by atoms with van der Waals surface area (Å²) in [4.78, 5) is 13.9. The number of carbonyl (C=O) groups excluding carboxylic acids is 1. The molecule has 1 atom stereocenters. The number of thiophene rings is 1. The molecule has 0 bridgehead atoms. The van der Waals surface area contributed by atoms with Gasteiger partial charge in [0.2, 0.25) is 0 Å². The normalized spacial score (nSPS) is 11.9. The van der Waals surface area contributed by atoms with Gasteiger partial charge in [0.15, 0.2) is 0 Å². The summed E-state index contributed by atoms with van der Waals surface area (Å²) in [6.45, 7) is -0.126. The fourth-order valence-corrected chi connectivity index (χ4v) is 2.64. The third-order valence-electron chi connectivity index (χ3n) is 3.23. The van der Waals surface area contributed by atoms with Gasteiger partial charge in [-0.25, -0.2) is 0 Å². The van der Waals surface area contributed by atoms with Crippen LogP contribution in [0.25, 0.3) is 0 Å². The highest BCUT2D eigenvalue weighted by atomic mass is 32.1. The lowest BCUT2D eigenvalue weighted by atomic mass is 10.1. The van der Waals surface area contributed by atoms with Crippen LogP contribution in [0.4, 0.5) is 0 Å². The van der Waals surface area contributed by atoms with E-state index < -0.39 is 0 Å². The molecular formula is C15H17NO3S. The number of benzene rings is 1. The maximum atomic E-state index is 12.3. The Labute approximate surface area is 122 Å². The van der Waals surface area contributed by atoms with Gasteiger partial charge in [0.05, 0.1) is 25.3 Å². The van der Waals surface area contributed by atoms with Crippen molar-refractivity contribution in [3.63, 3.8) is 0 Å². The van der Waals surface area contributed by atoms with Gasteiger partial charge in [-0.1, -0.05) is 12.1 Å². The quantitative estimate of drug-likeness (QED) is 0.921. The molecule has 0 spiro atoms. The fourth-order valence-electron chi connectivity index (χ4n) is 2.01. The molecule has 0 unspecified atom stereocenters. The molecule has 1 aromatic carbocycles. The third-order valence-corrected chi connectivity index (χ3v) is 3.91. The second-order valence-corrected chi connectivity index (χ2v) is 5.18. The lowest BCUT2D eigenvalue weighted by Crippen LogP contribution is -2.33. The van der Waals surface area contributed by atoms with Crippen LogP contribution in [0.5, 0.6) is 5.75 Å². The van der Waals surface area contributed by atoms with Gasteiger partial charge in [-0.05, 0) is 29.1 Å². The predicted octanol–water partition coefficient (Wildman–Crippen LogP) is 2.56. The molecular weight excluding hydrogens is 274 g/mol. The molecule has 0 saturated heterocycles. The summed E-state index contributed by atoms with van der Waals surface area (Å²) in [5.41, 5.74) is 1.52. The number of ether oxygens (including phenoxy) is 1. The van der Waals surface area contributed by atoms with E-state index in [4.69, 9.17) is 4.74 Å². The number of amides is 1. The van der Waals surface area contributed by atoms with Gasteiger partial charge in [0, 0.05) is 12.4 Å². The summed E-state index contributed by atoms with van der Waals surface area (Å²) in [5, 5.41) is 13.3. The summed E-state index contributed by atoms with van der Waals surface area (Å²) in [6.07, 6.45) is 0. The molecule has 0 radical (unpaired) electrons. The Kier molecular flexibility index (Phi) is 4.76. The van der Waals surface area contributed by atoms with Crippen molar-refractivity contribution in [2.24, 2.45) is 0 Å². The van der Waals surface area contributed by atoms with E-state index in [2.05, 4.69) is 0 Å². The number of hydrogen-bond donors (Lipinski definition) is 1. The van der Waals surface area contributed by atoms with Crippen molar-refractivity contribution in [3.05, 3.63) is 52.2 Å². The van der Waals surface area contributed by atoms with Crippen LogP contribution in [0.15, 0.2) is 41.1 Å². The number of likely N-dealkylation sites (N-methyl/N-ethyl adjacent to an activating group) is 1. The number of aliphatic hydroxyl groups excluding tert-OH is 1. The molecule has 1 amide bonds.